The van der Waals surface area contributed by atoms with Gasteiger partial charge in [-0.15, -0.1) is 0 Å². The molecule has 58 heavy (non-hydrogen) atoms. The SMILES string of the molecule is CO.C[C@@H]1OC[C@H]([C@@H](O)[C@H](O)[C@@H](O)CN(CCCCCCCCCCCN=C(N)NC(=O)c2nc(Cl)c(N)nc2N)CC[C@@H](O)[C@H](O)[C@H]2CO[C@@H](C)O2)O1.S.S.S.S. The van der Waals surface area contributed by atoms with Gasteiger partial charge in [-0.2, -0.15) is 54.0 Å². The molecule has 1 amide bonds. The Kier molecular flexibility index (Phi) is 35.3. The van der Waals surface area contributed by atoms with Gasteiger partial charge >= 0.3 is 0 Å². The van der Waals surface area contributed by atoms with E-state index in [9.17, 15) is 30.3 Å². The summed E-state index contributed by atoms with van der Waals surface area (Å²) in [5, 5.41) is 62.6. The average Bonchev–Trinajstić information content (AvgIpc) is 3.79. The topological polar surface area (TPSA) is 307 Å². The van der Waals surface area contributed by atoms with Gasteiger partial charge < -0.3 is 71.7 Å². The fourth-order valence-electron chi connectivity index (χ4n) is 6.02. The number of nitrogens with one attached hydrogen (secondary N) is 1. The number of guanidine groups is 1. The Morgan fingerprint density at radius 2 is 1.29 bits per heavy atom. The number of aliphatic imine (C=N–C) groups is 1. The number of ether oxygens (including phenoxy) is 4. The van der Waals surface area contributed by atoms with Crippen LogP contribution in [0, 0.1) is 0 Å². The molecule has 19 nitrogen and oxygen atoms in total. The Bertz CT molecular complexity index is 1280. The number of aliphatic hydroxyl groups excluding tert-OH is 6. The van der Waals surface area contributed by atoms with E-state index in [2.05, 4.69) is 20.3 Å². The number of nitrogen functional groups attached to an aromatic ring is 2. The van der Waals surface area contributed by atoms with Crippen LogP contribution in [0.25, 0.3) is 0 Å². The number of hydrogen-bond acceptors (Lipinski definition) is 17. The lowest BCUT2D eigenvalue weighted by molar-refractivity contribution is -0.127. The first-order chi connectivity index (χ1) is 25.8. The third-order valence-electron chi connectivity index (χ3n) is 9.09. The highest BCUT2D eigenvalue weighted by molar-refractivity contribution is 7.59. The van der Waals surface area contributed by atoms with Crippen LogP contribution in [0.15, 0.2) is 4.99 Å². The first kappa shape index (κ1) is 61.2. The molecule has 1 aromatic rings. The van der Waals surface area contributed by atoms with E-state index < -0.39 is 61.2 Å². The Labute approximate surface area is 374 Å². The molecule has 0 aromatic carbocycles. The molecule has 3 heterocycles. The number of anilines is 2. The smallest absolute Gasteiger partial charge is 0.280 e. The second-order valence-corrected chi connectivity index (χ2v) is 13.7. The summed E-state index contributed by atoms with van der Waals surface area (Å²) in [6.45, 7) is 5.20. The number of carbonyl (C=O) groups excluding carboxylic acids is 1. The van der Waals surface area contributed by atoms with Crippen molar-refractivity contribution in [1.29, 1.82) is 0 Å². The molecule has 0 radical (unpaired) electrons. The molecule has 2 aliphatic heterocycles. The summed E-state index contributed by atoms with van der Waals surface area (Å²) in [4.78, 5) is 26.0. The van der Waals surface area contributed by atoms with Crippen LogP contribution in [0.4, 0.5) is 11.6 Å². The summed E-state index contributed by atoms with van der Waals surface area (Å²) >= 11 is 5.82. The monoisotopic (exact) mass is 930 g/mol. The molecule has 2 fully saturated rings. The molecule has 0 bridgehead atoms. The lowest BCUT2D eigenvalue weighted by Gasteiger charge is -2.31. The second-order valence-electron chi connectivity index (χ2n) is 13.4. The second kappa shape index (κ2) is 33.5. The summed E-state index contributed by atoms with van der Waals surface area (Å²) in [5.41, 5.74) is 16.8. The number of aliphatic hydroxyl groups is 6. The molecular formula is C34H71ClN8O11S4. The summed E-state index contributed by atoms with van der Waals surface area (Å²) < 4.78 is 21.6. The van der Waals surface area contributed by atoms with Gasteiger partial charge in [0, 0.05) is 26.7 Å². The van der Waals surface area contributed by atoms with Crippen molar-refractivity contribution in [2.45, 2.75) is 133 Å². The normalized spacial score (nSPS) is 21.5. The number of hydrogen-bond donors (Lipinski definition) is 10. The van der Waals surface area contributed by atoms with Gasteiger partial charge in [0.1, 0.15) is 30.5 Å². The highest BCUT2D eigenvalue weighted by Crippen LogP contribution is 2.21. The maximum Gasteiger partial charge on any atom is 0.280 e. The molecule has 24 heteroatoms. The molecule has 1 aromatic heterocycles. The first-order valence-electron chi connectivity index (χ1n) is 18.6. The van der Waals surface area contributed by atoms with Gasteiger partial charge in [-0.05, 0) is 39.7 Å². The van der Waals surface area contributed by atoms with Gasteiger partial charge in [0.2, 0.25) is 0 Å². The van der Waals surface area contributed by atoms with E-state index in [0.29, 0.717) is 19.6 Å². The molecule has 0 saturated carbocycles. The predicted octanol–water partition coefficient (Wildman–Crippen LogP) is -0.0711. The van der Waals surface area contributed by atoms with Crippen molar-refractivity contribution in [2.24, 2.45) is 10.7 Å². The number of halogens is 1. The van der Waals surface area contributed by atoms with Gasteiger partial charge in [-0.3, -0.25) is 15.1 Å². The van der Waals surface area contributed by atoms with E-state index in [1.165, 1.54) is 0 Å². The zero-order valence-electron chi connectivity index (χ0n) is 33.6. The standard InChI is InChI=1S/C33H59ClN8O10.CH4O.4H2S/c1-19-49-17-23(51-19)26(45)21(43)12-15-42(16-22(44)27(46)28(47)24-18-50-20(2)52-24)14-11-9-7-5-3-4-6-8-10-13-38-33(37)41-32(48)25-30(35)40-31(36)29(34)39-25;1-2;;;;/h19-24,26-28,43-47H,3-18H2,1-2H3,(H4,35,36,40)(H3,37,38,41,48);2H,1H3;4*1H2/t19-,20-,21-,22+,23-,24-,26+,27-,28-;;;;;/m1...../s1. The molecule has 9 atom stereocenters. The Balaban J connectivity index is -0.00000496. The Hall–Kier alpha value is -1.13. The fourth-order valence-corrected chi connectivity index (χ4v) is 6.15. The number of nitrogens with two attached hydrogens (primary N) is 3. The van der Waals surface area contributed by atoms with Crippen LogP contribution in [-0.4, -0.2) is 159 Å². The maximum atomic E-state index is 12.3. The molecule has 2 aliphatic rings. The number of nitrogens with zero attached hydrogens (tertiary/aromatic N) is 4. The lowest BCUT2D eigenvalue weighted by Crippen LogP contribution is -2.50. The van der Waals surface area contributed by atoms with Gasteiger partial charge in [-0.25, -0.2) is 9.97 Å². The van der Waals surface area contributed by atoms with Gasteiger partial charge in [0.15, 0.2) is 41.0 Å². The molecule has 0 spiro atoms. The van der Waals surface area contributed by atoms with Crippen LogP contribution < -0.4 is 22.5 Å². The number of aromatic nitrogens is 2. The third kappa shape index (κ3) is 22.1. The van der Waals surface area contributed by atoms with Crippen molar-refractivity contribution in [1.82, 2.24) is 20.2 Å². The van der Waals surface area contributed by atoms with Gasteiger partial charge in [0.05, 0.1) is 25.4 Å². The van der Waals surface area contributed by atoms with E-state index in [-0.39, 0.29) is 109 Å². The van der Waals surface area contributed by atoms with Gasteiger partial charge in [0.25, 0.3) is 5.91 Å². The minimum Gasteiger partial charge on any atom is -0.400 e. The van der Waals surface area contributed by atoms with Crippen LogP contribution in [0.2, 0.25) is 5.15 Å². The molecule has 2 saturated heterocycles. The zero-order valence-corrected chi connectivity index (χ0v) is 38.4. The van der Waals surface area contributed by atoms with E-state index in [4.69, 9.17) is 52.9 Å². The molecule has 344 valence electrons. The Morgan fingerprint density at radius 1 is 0.793 bits per heavy atom. The highest BCUT2D eigenvalue weighted by atomic mass is 35.5. The number of unbranched alkanes of at least 4 members (excludes halogenated alkanes) is 8. The molecule has 0 unspecified atom stereocenters. The summed E-state index contributed by atoms with van der Waals surface area (Å²) in [5.74, 6) is -0.972. The third-order valence-corrected chi connectivity index (χ3v) is 9.36. The van der Waals surface area contributed by atoms with E-state index >= 15 is 0 Å². The first-order valence-corrected chi connectivity index (χ1v) is 19.0. The molecule has 0 aliphatic carbocycles. The largest absolute Gasteiger partial charge is 0.400 e. The quantitative estimate of drug-likeness (QED) is 0.0390. The number of carbonyl (C=O) groups is 1. The minimum atomic E-state index is -1.46. The number of rotatable bonds is 23. The summed E-state index contributed by atoms with van der Waals surface area (Å²) in [7, 11) is 1.00. The van der Waals surface area contributed by atoms with Crippen LogP contribution >= 0.6 is 65.6 Å². The van der Waals surface area contributed by atoms with Crippen molar-refractivity contribution in [3.63, 3.8) is 0 Å². The maximum absolute atomic E-state index is 12.3. The lowest BCUT2D eigenvalue weighted by atomic mass is 10.0. The molecule has 3 rings (SSSR count). The van der Waals surface area contributed by atoms with Crippen molar-refractivity contribution >= 4 is 89.1 Å². The molecule has 13 N–H and O–H groups in total. The van der Waals surface area contributed by atoms with E-state index in [1.807, 2.05) is 4.90 Å². The summed E-state index contributed by atoms with van der Waals surface area (Å²) in [6.07, 6.45) is 0.525. The predicted molar refractivity (Wildman–Crippen MR) is 243 cm³/mol. The van der Waals surface area contributed by atoms with Crippen LogP contribution in [-0.2, 0) is 18.9 Å². The number of amides is 1. The van der Waals surface area contributed by atoms with Crippen LogP contribution in [0.3, 0.4) is 0 Å². The van der Waals surface area contributed by atoms with Crippen LogP contribution in [0.5, 0.6) is 0 Å². The zero-order chi connectivity index (χ0) is 40.2. The van der Waals surface area contributed by atoms with Crippen molar-refractivity contribution < 1.29 is 54.4 Å². The fraction of sp³-hybridized carbons (Fsp3) is 0.824. The minimum absolute atomic E-state index is 0. The van der Waals surface area contributed by atoms with Gasteiger partial charge in [-0.1, -0.05) is 56.5 Å². The summed E-state index contributed by atoms with van der Waals surface area (Å²) in [6, 6.07) is 0. The Morgan fingerprint density at radius 3 is 1.81 bits per heavy atom. The van der Waals surface area contributed by atoms with Crippen molar-refractivity contribution in [2.75, 3.05) is 58.0 Å². The van der Waals surface area contributed by atoms with Crippen molar-refractivity contribution in [3.8, 4) is 0 Å². The van der Waals surface area contributed by atoms with Crippen LogP contribution in [0.1, 0.15) is 88.5 Å². The van der Waals surface area contributed by atoms with E-state index in [0.717, 1.165) is 64.9 Å². The highest BCUT2D eigenvalue weighted by Gasteiger charge is 2.38. The van der Waals surface area contributed by atoms with Crippen molar-refractivity contribution in [3.05, 3.63) is 10.8 Å². The molecular weight excluding hydrogens is 860 g/mol. The van der Waals surface area contributed by atoms with E-state index in [1.54, 1.807) is 13.8 Å². The average molecular weight is 932 g/mol.